The molecule has 8 heteroatoms. The van der Waals surface area contributed by atoms with Crippen molar-refractivity contribution in [3.8, 4) is 0 Å². The molecule has 0 atom stereocenters. The molecule has 0 fully saturated rings. The maximum atomic E-state index is 12.1. The van der Waals surface area contributed by atoms with Gasteiger partial charge in [0.2, 0.25) is 0 Å². The van der Waals surface area contributed by atoms with E-state index in [-0.39, 0.29) is 10.5 Å². The molecular formula is C15H13BrN2O4S. The minimum atomic E-state index is -3.56. The second kappa shape index (κ2) is 6.93. The molecule has 2 N–H and O–H groups in total. The zero-order valence-electron chi connectivity index (χ0n) is 12.0. The van der Waals surface area contributed by atoms with E-state index in [1.54, 1.807) is 30.3 Å². The summed E-state index contributed by atoms with van der Waals surface area (Å²) in [4.78, 5) is 24.0. The molecule has 0 unspecified atom stereocenters. The number of benzene rings is 2. The maximum absolute atomic E-state index is 12.1. The molecule has 120 valence electrons. The van der Waals surface area contributed by atoms with Gasteiger partial charge in [0.1, 0.15) is 0 Å². The van der Waals surface area contributed by atoms with Crippen molar-refractivity contribution < 1.29 is 18.0 Å². The Morgan fingerprint density at radius 2 is 1.35 bits per heavy atom. The lowest BCUT2D eigenvalue weighted by Crippen LogP contribution is -2.42. The number of carbonyl (C=O) groups excluding carboxylic acids is 2. The summed E-state index contributed by atoms with van der Waals surface area (Å²) in [6.45, 7) is 0. The van der Waals surface area contributed by atoms with Crippen LogP contribution >= 0.6 is 15.9 Å². The average molecular weight is 397 g/mol. The highest BCUT2D eigenvalue weighted by Crippen LogP contribution is 2.16. The van der Waals surface area contributed by atoms with Gasteiger partial charge in [-0.15, -0.1) is 0 Å². The van der Waals surface area contributed by atoms with E-state index in [2.05, 4.69) is 26.8 Å². The van der Waals surface area contributed by atoms with Gasteiger partial charge >= 0.3 is 0 Å². The molecule has 2 aromatic carbocycles. The third kappa shape index (κ3) is 4.17. The fraction of sp³-hybridized carbons (Fsp3) is 0.0667. The lowest BCUT2D eigenvalue weighted by atomic mass is 10.2. The fourth-order valence-electron chi connectivity index (χ4n) is 1.87. The second-order valence-electron chi connectivity index (χ2n) is 4.66. The summed E-state index contributed by atoms with van der Waals surface area (Å²) in [6.07, 6.45) is 1.01. The highest BCUT2D eigenvalue weighted by molar-refractivity contribution is 9.10. The van der Waals surface area contributed by atoms with Crippen LogP contribution in [0.2, 0.25) is 0 Å². The van der Waals surface area contributed by atoms with E-state index in [0.29, 0.717) is 10.0 Å². The molecule has 0 bridgehead atoms. The van der Waals surface area contributed by atoms with Gasteiger partial charge < -0.3 is 0 Å². The van der Waals surface area contributed by atoms with Crippen LogP contribution in [0.1, 0.15) is 20.7 Å². The molecule has 0 spiro atoms. The third-order valence-corrected chi connectivity index (χ3v) is 4.79. The average Bonchev–Trinajstić information content (AvgIpc) is 2.52. The molecular weight excluding hydrogens is 384 g/mol. The molecule has 2 rings (SSSR count). The number of carbonyl (C=O) groups is 2. The van der Waals surface area contributed by atoms with Crippen molar-refractivity contribution in [2.75, 3.05) is 6.26 Å². The fourth-order valence-corrected chi connectivity index (χ4v) is 3.22. The van der Waals surface area contributed by atoms with Gasteiger partial charge in [-0.3, -0.25) is 20.4 Å². The van der Waals surface area contributed by atoms with Crippen molar-refractivity contribution >= 4 is 37.6 Å². The molecule has 6 nitrogen and oxygen atoms in total. The number of nitrogens with one attached hydrogen (secondary N) is 2. The Balaban J connectivity index is 2.15. The summed E-state index contributed by atoms with van der Waals surface area (Å²) in [7, 11) is -3.56. The van der Waals surface area contributed by atoms with Crippen LogP contribution in [0.15, 0.2) is 57.9 Å². The van der Waals surface area contributed by atoms with Crippen LogP contribution in [-0.4, -0.2) is 26.5 Å². The van der Waals surface area contributed by atoms with Crippen LogP contribution in [0.25, 0.3) is 0 Å². The summed E-state index contributed by atoms with van der Waals surface area (Å²) in [5, 5.41) is 0. The Kier molecular flexibility index (Phi) is 5.17. The van der Waals surface area contributed by atoms with Gasteiger partial charge in [-0.2, -0.15) is 0 Å². The topological polar surface area (TPSA) is 92.3 Å². The first-order valence-electron chi connectivity index (χ1n) is 6.45. The van der Waals surface area contributed by atoms with E-state index < -0.39 is 21.7 Å². The summed E-state index contributed by atoms with van der Waals surface area (Å²) in [6, 6.07) is 12.5. The monoisotopic (exact) mass is 396 g/mol. The van der Waals surface area contributed by atoms with Gasteiger partial charge in [-0.05, 0) is 40.2 Å². The molecule has 0 heterocycles. The number of amides is 2. The van der Waals surface area contributed by atoms with E-state index in [0.717, 1.165) is 6.26 Å². The zero-order chi connectivity index (χ0) is 17.0. The van der Waals surface area contributed by atoms with Gasteiger partial charge in [-0.25, -0.2) is 8.42 Å². The SMILES string of the molecule is CS(=O)(=O)c1ccccc1C(=O)NNC(=O)c1ccccc1Br. The number of hydrogen-bond donors (Lipinski definition) is 2. The highest BCUT2D eigenvalue weighted by Gasteiger charge is 2.19. The summed E-state index contributed by atoms with van der Waals surface area (Å²) in [5.41, 5.74) is 4.76. The van der Waals surface area contributed by atoms with Gasteiger partial charge in [0, 0.05) is 10.7 Å². The quantitative estimate of drug-likeness (QED) is 0.775. The van der Waals surface area contributed by atoms with Crippen LogP contribution < -0.4 is 10.9 Å². The zero-order valence-corrected chi connectivity index (χ0v) is 14.4. The summed E-state index contributed by atoms with van der Waals surface area (Å²) >= 11 is 3.23. The van der Waals surface area contributed by atoms with Gasteiger partial charge in [0.15, 0.2) is 9.84 Å². The Morgan fingerprint density at radius 3 is 1.91 bits per heavy atom. The largest absolute Gasteiger partial charge is 0.271 e. The molecule has 0 aliphatic rings. The first-order valence-corrected chi connectivity index (χ1v) is 9.13. The number of sulfone groups is 1. The van der Waals surface area contributed by atoms with Crippen molar-refractivity contribution in [3.05, 3.63) is 64.1 Å². The first kappa shape index (κ1) is 17.2. The standard InChI is InChI=1S/C15H13BrN2O4S/c1-23(21,22)13-9-5-3-7-11(13)15(20)18-17-14(19)10-6-2-4-8-12(10)16/h2-9H,1H3,(H,17,19)(H,18,20). The summed E-state index contributed by atoms with van der Waals surface area (Å²) < 4.78 is 24.0. The Morgan fingerprint density at radius 1 is 0.870 bits per heavy atom. The van der Waals surface area contributed by atoms with Crippen LogP contribution in [0, 0.1) is 0 Å². The van der Waals surface area contributed by atoms with E-state index in [9.17, 15) is 18.0 Å². The van der Waals surface area contributed by atoms with Crippen LogP contribution in [-0.2, 0) is 9.84 Å². The Bertz CT molecular complexity index is 865. The second-order valence-corrected chi connectivity index (χ2v) is 7.49. The van der Waals surface area contributed by atoms with Crippen molar-refractivity contribution in [2.45, 2.75) is 4.90 Å². The van der Waals surface area contributed by atoms with Crippen LogP contribution in [0.5, 0.6) is 0 Å². The van der Waals surface area contributed by atoms with Crippen molar-refractivity contribution in [3.63, 3.8) is 0 Å². The lowest BCUT2D eigenvalue weighted by molar-refractivity contribution is 0.0844. The minimum absolute atomic E-state index is 0.0394. The molecule has 2 amide bonds. The normalized spacial score (nSPS) is 10.9. The van der Waals surface area contributed by atoms with Crippen LogP contribution in [0.3, 0.4) is 0 Å². The first-order chi connectivity index (χ1) is 10.8. The molecule has 0 saturated heterocycles. The molecule has 0 aliphatic carbocycles. The number of hydrogen-bond acceptors (Lipinski definition) is 4. The Labute approximate surface area is 141 Å². The van der Waals surface area contributed by atoms with E-state index in [4.69, 9.17) is 0 Å². The van der Waals surface area contributed by atoms with Gasteiger partial charge in [-0.1, -0.05) is 24.3 Å². The van der Waals surface area contributed by atoms with Crippen LogP contribution in [0.4, 0.5) is 0 Å². The molecule has 0 aliphatic heterocycles. The van der Waals surface area contributed by atoms with Crippen molar-refractivity contribution in [2.24, 2.45) is 0 Å². The molecule has 0 aromatic heterocycles. The van der Waals surface area contributed by atoms with Crippen molar-refractivity contribution in [1.82, 2.24) is 10.9 Å². The van der Waals surface area contributed by atoms with E-state index in [1.165, 1.54) is 18.2 Å². The van der Waals surface area contributed by atoms with Crippen molar-refractivity contribution in [1.29, 1.82) is 0 Å². The maximum Gasteiger partial charge on any atom is 0.271 e. The molecule has 0 radical (unpaired) electrons. The van der Waals surface area contributed by atoms with Gasteiger partial charge in [0.25, 0.3) is 11.8 Å². The van der Waals surface area contributed by atoms with E-state index >= 15 is 0 Å². The molecule has 23 heavy (non-hydrogen) atoms. The number of rotatable bonds is 3. The smallest absolute Gasteiger partial charge is 0.267 e. The minimum Gasteiger partial charge on any atom is -0.267 e. The predicted octanol–water partition coefficient (Wildman–Crippen LogP) is 1.93. The molecule has 0 saturated carbocycles. The van der Waals surface area contributed by atoms with Gasteiger partial charge in [0.05, 0.1) is 16.0 Å². The van der Waals surface area contributed by atoms with E-state index in [1.807, 2.05) is 0 Å². The number of halogens is 1. The predicted molar refractivity (Wildman–Crippen MR) is 88.6 cm³/mol. The summed E-state index contributed by atoms with van der Waals surface area (Å²) in [5.74, 6) is -1.24. The number of hydrazine groups is 1. The highest BCUT2D eigenvalue weighted by atomic mass is 79.9. The Hall–Kier alpha value is -2.19. The lowest BCUT2D eigenvalue weighted by Gasteiger charge is -2.10. The third-order valence-electron chi connectivity index (χ3n) is 2.94. The molecule has 2 aromatic rings.